The molecule has 1 heterocycles. The molecule has 3 rings (SSSR count). The number of carbonyl (C=O) groups is 2. The first kappa shape index (κ1) is 22.3. The molecule has 2 amide bonds. The van der Waals surface area contributed by atoms with Crippen LogP contribution in [-0.4, -0.2) is 42.9 Å². The fourth-order valence-corrected chi connectivity index (χ4v) is 2.78. The van der Waals surface area contributed by atoms with Crippen LogP contribution in [0.4, 0.5) is 11.4 Å². The van der Waals surface area contributed by atoms with Gasteiger partial charge in [0.15, 0.2) is 0 Å². The molecule has 3 aromatic rings. The lowest BCUT2D eigenvalue weighted by Crippen LogP contribution is -2.31. The smallest absolute Gasteiger partial charge is 0.276 e. The van der Waals surface area contributed by atoms with Crippen LogP contribution < -0.4 is 30.4 Å². The predicted molar refractivity (Wildman–Crippen MR) is 118 cm³/mol. The van der Waals surface area contributed by atoms with Crippen LogP contribution >= 0.6 is 0 Å². The first-order valence-electron chi connectivity index (χ1n) is 9.49. The Hall–Kier alpha value is -4.34. The van der Waals surface area contributed by atoms with E-state index in [0.29, 0.717) is 28.6 Å². The van der Waals surface area contributed by atoms with Crippen molar-refractivity contribution in [3.05, 3.63) is 70.6 Å². The normalized spacial score (nSPS) is 10.2. The van der Waals surface area contributed by atoms with Gasteiger partial charge in [-0.15, -0.1) is 0 Å². The van der Waals surface area contributed by atoms with Crippen LogP contribution in [0.2, 0.25) is 0 Å². The zero-order chi connectivity index (χ0) is 23.1. The van der Waals surface area contributed by atoms with E-state index in [0.717, 1.165) is 4.68 Å². The molecule has 0 saturated heterocycles. The number of benzene rings is 2. The van der Waals surface area contributed by atoms with Crippen LogP contribution in [0.3, 0.4) is 0 Å². The van der Waals surface area contributed by atoms with Gasteiger partial charge < -0.3 is 24.8 Å². The van der Waals surface area contributed by atoms with Gasteiger partial charge in [0.25, 0.3) is 11.5 Å². The molecule has 0 fully saturated rings. The van der Waals surface area contributed by atoms with Crippen molar-refractivity contribution < 1.29 is 23.8 Å². The van der Waals surface area contributed by atoms with E-state index in [1.165, 1.54) is 26.4 Å². The van der Waals surface area contributed by atoms with Crippen molar-refractivity contribution in [2.24, 2.45) is 0 Å². The number of hydrogen-bond acceptors (Lipinski definition) is 7. The summed E-state index contributed by atoms with van der Waals surface area (Å²) in [6.45, 7) is -0.391. The molecule has 0 radical (unpaired) electrons. The van der Waals surface area contributed by atoms with Crippen LogP contribution in [0, 0.1) is 0 Å². The molecule has 0 spiro atoms. The molecule has 10 heteroatoms. The monoisotopic (exact) mass is 438 g/mol. The number of methoxy groups -OCH3 is 3. The third kappa shape index (κ3) is 5.42. The number of amides is 2. The number of nitrogens with one attached hydrogen (secondary N) is 2. The van der Waals surface area contributed by atoms with Crippen molar-refractivity contribution in [3.63, 3.8) is 0 Å². The number of rotatable bonds is 8. The molecule has 0 bridgehead atoms. The van der Waals surface area contributed by atoms with Crippen molar-refractivity contribution in [2.45, 2.75) is 6.54 Å². The van der Waals surface area contributed by atoms with Crippen LogP contribution in [-0.2, 0) is 11.3 Å². The Bertz CT molecular complexity index is 1170. The third-order valence-electron chi connectivity index (χ3n) is 4.42. The summed E-state index contributed by atoms with van der Waals surface area (Å²) >= 11 is 0. The largest absolute Gasteiger partial charge is 0.497 e. The lowest BCUT2D eigenvalue weighted by molar-refractivity contribution is -0.117. The van der Waals surface area contributed by atoms with Gasteiger partial charge in [-0.05, 0) is 42.5 Å². The highest BCUT2D eigenvalue weighted by molar-refractivity contribution is 6.02. The number of aromatic nitrogens is 2. The van der Waals surface area contributed by atoms with Gasteiger partial charge in [-0.25, -0.2) is 4.68 Å². The number of carbonyl (C=O) groups excluding carboxylic acids is 2. The number of anilines is 2. The maximum atomic E-state index is 12.5. The second-order valence-corrected chi connectivity index (χ2v) is 6.51. The van der Waals surface area contributed by atoms with E-state index >= 15 is 0 Å². The van der Waals surface area contributed by atoms with E-state index in [9.17, 15) is 14.4 Å². The molecule has 0 saturated carbocycles. The van der Waals surface area contributed by atoms with Crippen molar-refractivity contribution in [2.75, 3.05) is 32.0 Å². The van der Waals surface area contributed by atoms with Gasteiger partial charge in [0, 0.05) is 17.8 Å². The molecular weight excluding hydrogens is 416 g/mol. The van der Waals surface area contributed by atoms with E-state index in [2.05, 4.69) is 15.7 Å². The minimum Gasteiger partial charge on any atom is -0.497 e. The first-order chi connectivity index (χ1) is 15.4. The maximum absolute atomic E-state index is 12.5. The lowest BCUT2D eigenvalue weighted by atomic mass is 10.2. The standard InChI is InChI=1S/C22H22N4O6/c1-30-15-6-4-14(5-7-15)23-22(29)18-10-11-21(28)26(25-18)13-20(27)24-17-9-8-16(31-2)12-19(17)32-3/h4-12H,13H2,1-3H3,(H,23,29)(H,24,27). The van der Waals surface area contributed by atoms with Crippen LogP contribution in [0.1, 0.15) is 10.5 Å². The summed E-state index contributed by atoms with van der Waals surface area (Å²) in [6, 6.07) is 14.1. The molecule has 0 aliphatic heterocycles. The number of ether oxygens (including phenoxy) is 3. The minimum atomic E-state index is -0.527. The zero-order valence-electron chi connectivity index (χ0n) is 17.7. The lowest BCUT2D eigenvalue weighted by Gasteiger charge is -2.12. The predicted octanol–water partition coefficient (Wildman–Crippen LogP) is 2.16. The number of nitrogens with zero attached hydrogens (tertiary/aromatic N) is 2. The Morgan fingerprint density at radius 3 is 2.22 bits per heavy atom. The van der Waals surface area contributed by atoms with Gasteiger partial charge in [0.05, 0.1) is 27.0 Å². The van der Waals surface area contributed by atoms with E-state index in [1.807, 2.05) is 0 Å². The highest BCUT2D eigenvalue weighted by atomic mass is 16.5. The van der Waals surface area contributed by atoms with E-state index in [-0.39, 0.29) is 5.69 Å². The molecule has 10 nitrogen and oxygen atoms in total. The zero-order valence-corrected chi connectivity index (χ0v) is 17.7. The second kappa shape index (κ2) is 10.1. The Morgan fingerprint density at radius 1 is 0.875 bits per heavy atom. The van der Waals surface area contributed by atoms with Crippen molar-refractivity contribution in [1.82, 2.24) is 9.78 Å². The molecule has 0 aliphatic rings. The molecule has 166 valence electrons. The summed E-state index contributed by atoms with van der Waals surface area (Å²) < 4.78 is 16.4. The Morgan fingerprint density at radius 2 is 1.56 bits per heavy atom. The number of hydrogen-bond donors (Lipinski definition) is 2. The molecule has 2 aromatic carbocycles. The fraction of sp³-hybridized carbons (Fsp3) is 0.182. The quantitative estimate of drug-likeness (QED) is 0.553. The molecular formula is C22H22N4O6. The average molecular weight is 438 g/mol. The SMILES string of the molecule is COc1ccc(NC(=O)c2ccc(=O)n(CC(=O)Nc3ccc(OC)cc3OC)n2)cc1. The van der Waals surface area contributed by atoms with Crippen molar-refractivity contribution in [1.29, 1.82) is 0 Å². The molecule has 2 N–H and O–H groups in total. The second-order valence-electron chi connectivity index (χ2n) is 6.51. The summed E-state index contributed by atoms with van der Waals surface area (Å²) in [6.07, 6.45) is 0. The van der Waals surface area contributed by atoms with Crippen LogP contribution in [0.15, 0.2) is 59.4 Å². The van der Waals surface area contributed by atoms with Gasteiger partial charge >= 0.3 is 0 Å². The highest BCUT2D eigenvalue weighted by Crippen LogP contribution is 2.28. The van der Waals surface area contributed by atoms with Gasteiger partial charge in [0.1, 0.15) is 29.5 Å². The third-order valence-corrected chi connectivity index (χ3v) is 4.42. The highest BCUT2D eigenvalue weighted by Gasteiger charge is 2.14. The van der Waals surface area contributed by atoms with Gasteiger partial charge in [-0.2, -0.15) is 5.10 Å². The molecule has 32 heavy (non-hydrogen) atoms. The summed E-state index contributed by atoms with van der Waals surface area (Å²) in [4.78, 5) is 37.1. The van der Waals surface area contributed by atoms with Crippen LogP contribution in [0.5, 0.6) is 17.2 Å². The van der Waals surface area contributed by atoms with Gasteiger partial charge in [0.2, 0.25) is 5.91 Å². The average Bonchev–Trinajstić information content (AvgIpc) is 2.81. The Kier molecular flexibility index (Phi) is 7.06. The maximum Gasteiger partial charge on any atom is 0.276 e. The minimum absolute atomic E-state index is 0.0183. The van der Waals surface area contributed by atoms with Gasteiger partial charge in [-0.1, -0.05) is 0 Å². The Labute approximate surface area is 183 Å². The van der Waals surface area contributed by atoms with E-state index in [1.54, 1.807) is 49.6 Å². The summed E-state index contributed by atoms with van der Waals surface area (Å²) in [7, 11) is 4.52. The summed E-state index contributed by atoms with van der Waals surface area (Å²) in [5.41, 5.74) is 0.387. The molecule has 0 atom stereocenters. The van der Waals surface area contributed by atoms with E-state index in [4.69, 9.17) is 14.2 Å². The van der Waals surface area contributed by atoms with Crippen LogP contribution in [0.25, 0.3) is 0 Å². The Balaban J connectivity index is 1.72. The topological polar surface area (TPSA) is 121 Å². The van der Waals surface area contributed by atoms with Gasteiger partial charge in [-0.3, -0.25) is 14.4 Å². The van der Waals surface area contributed by atoms with E-state index < -0.39 is 23.9 Å². The molecule has 1 aromatic heterocycles. The molecule has 0 unspecified atom stereocenters. The summed E-state index contributed by atoms with van der Waals surface area (Å²) in [5.74, 6) is 0.560. The molecule has 0 aliphatic carbocycles. The fourth-order valence-electron chi connectivity index (χ4n) is 2.78. The first-order valence-corrected chi connectivity index (χ1v) is 9.49. The van der Waals surface area contributed by atoms with Crippen molar-refractivity contribution >= 4 is 23.2 Å². The summed E-state index contributed by atoms with van der Waals surface area (Å²) in [5, 5.41) is 9.34. The van der Waals surface area contributed by atoms with Crippen molar-refractivity contribution in [3.8, 4) is 17.2 Å².